The number of para-hydroxylation sites is 1. The van der Waals surface area contributed by atoms with E-state index >= 15 is 0 Å². The summed E-state index contributed by atoms with van der Waals surface area (Å²) >= 11 is 0. The van der Waals surface area contributed by atoms with Crippen molar-refractivity contribution in [3.63, 3.8) is 0 Å². The van der Waals surface area contributed by atoms with E-state index in [0.29, 0.717) is 5.56 Å². The molecule has 0 spiro atoms. The summed E-state index contributed by atoms with van der Waals surface area (Å²) in [6.45, 7) is 1.85. The van der Waals surface area contributed by atoms with Gasteiger partial charge in [0.25, 0.3) is 0 Å². The molecule has 2 saturated heterocycles. The van der Waals surface area contributed by atoms with Crippen LogP contribution in [0.1, 0.15) is 69.8 Å². The second kappa shape index (κ2) is 16.1. The van der Waals surface area contributed by atoms with Crippen LogP contribution >= 0.6 is 0 Å². The summed E-state index contributed by atoms with van der Waals surface area (Å²) in [6, 6.07) is 6.84. The molecule has 185 valence electrons. The summed E-state index contributed by atoms with van der Waals surface area (Å²) in [7, 11) is 0. The summed E-state index contributed by atoms with van der Waals surface area (Å²) in [5.41, 5.74) is 6.62. The van der Waals surface area contributed by atoms with Gasteiger partial charge in [0.05, 0.1) is 6.21 Å². The van der Waals surface area contributed by atoms with Crippen molar-refractivity contribution in [2.75, 3.05) is 13.1 Å². The zero-order valence-electron chi connectivity index (χ0n) is 19.2. The van der Waals surface area contributed by atoms with Crippen molar-refractivity contribution in [2.45, 2.75) is 82.6 Å². The fourth-order valence-corrected chi connectivity index (χ4v) is 4.09. The SMILES string of the molecule is [Co+2].[O-]C1CCCCC1/C=N\NC1CCCC[N-]1.[O-]c1ccccc1/C=N/NC1CCCC[N-]1. The molecule has 1 saturated carbocycles. The Morgan fingerprint density at radius 1 is 0.818 bits per heavy atom. The first-order chi connectivity index (χ1) is 15.7. The quantitative estimate of drug-likeness (QED) is 0.461. The Morgan fingerprint density at radius 3 is 2.03 bits per heavy atom. The first-order valence-electron chi connectivity index (χ1n) is 12.0. The fraction of sp³-hybridized carbons (Fsp3) is 0.667. The Kier molecular flexibility index (Phi) is 13.4. The Hall–Kier alpha value is -1.65. The van der Waals surface area contributed by atoms with Crippen molar-refractivity contribution >= 4 is 12.4 Å². The van der Waals surface area contributed by atoms with Crippen molar-refractivity contribution in [3.8, 4) is 5.75 Å². The van der Waals surface area contributed by atoms with E-state index in [9.17, 15) is 10.2 Å². The van der Waals surface area contributed by atoms with Crippen LogP contribution in [0.25, 0.3) is 10.6 Å². The molecule has 3 fully saturated rings. The maximum absolute atomic E-state index is 11.6. The van der Waals surface area contributed by atoms with Gasteiger partial charge >= 0.3 is 16.8 Å². The maximum atomic E-state index is 11.6. The Balaban J connectivity index is 0.000000227. The van der Waals surface area contributed by atoms with Crippen LogP contribution in [0.5, 0.6) is 5.75 Å². The van der Waals surface area contributed by atoms with Gasteiger partial charge in [-0.05, 0) is 30.2 Å². The summed E-state index contributed by atoms with van der Waals surface area (Å²) in [5.74, 6) is 0.124. The van der Waals surface area contributed by atoms with Crippen LogP contribution in [0.15, 0.2) is 34.5 Å². The van der Waals surface area contributed by atoms with Crippen molar-refractivity contribution in [1.29, 1.82) is 0 Å². The van der Waals surface area contributed by atoms with Gasteiger partial charge in [-0.3, -0.25) is 0 Å². The molecule has 1 radical (unpaired) electrons. The van der Waals surface area contributed by atoms with E-state index in [1.165, 1.54) is 38.2 Å². The standard InChI is InChI=1S/C12H21N3O.C12H16N3O.Co/c2*16-11-6-2-1-5-10(11)9-14-15-12-7-3-4-8-13-12;/h9-12,15H,1-8H2;1-2,5-6,9,12,15-16H,3-4,7-8H2;/q-2;-1;+2/p-1/b14-9-;14-9+;. The van der Waals surface area contributed by atoms with Gasteiger partial charge in [0, 0.05) is 6.21 Å². The second-order valence-electron chi connectivity index (χ2n) is 8.65. The van der Waals surface area contributed by atoms with Gasteiger partial charge in [-0.1, -0.05) is 87.8 Å². The summed E-state index contributed by atoms with van der Waals surface area (Å²) in [4.78, 5) is 0. The van der Waals surface area contributed by atoms with Gasteiger partial charge in [-0.15, -0.1) is 19.2 Å². The molecule has 0 aromatic heterocycles. The Labute approximate surface area is 208 Å². The van der Waals surface area contributed by atoms with Gasteiger partial charge in [-0.2, -0.15) is 10.2 Å². The molecule has 8 nitrogen and oxygen atoms in total. The van der Waals surface area contributed by atoms with Crippen LogP contribution in [0, 0.1) is 5.92 Å². The Morgan fingerprint density at radius 2 is 1.42 bits per heavy atom. The number of hydrogen-bond donors (Lipinski definition) is 2. The smallest absolute Gasteiger partial charge is 0.872 e. The molecule has 1 aromatic rings. The van der Waals surface area contributed by atoms with Crippen molar-refractivity contribution in [1.82, 2.24) is 10.9 Å². The topological polar surface area (TPSA) is 123 Å². The molecule has 33 heavy (non-hydrogen) atoms. The number of nitrogens with zero attached hydrogens (tertiary/aromatic N) is 4. The number of rotatable bonds is 6. The van der Waals surface area contributed by atoms with Crippen LogP contribution < -0.4 is 21.1 Å². The zero-order valence-corrected chi connectivity index (χ0v) is 20.2. The van der Waals surface area contributed by atoms with E-state index < -0.39 is 6.10 Å². The second-order valence-corrected chi connectivity index (χ2v) is 8.65. The number of hydrogen-bond acceptors (Lipinski definition) is 6. The molecule has 9 heteroatoms. The molecule has 0 amide bonds. The van der Waals surface area contributed by atoms with Gasteiger partial charge in [0.2, 0.25) is 0 Å². The van der Waals surface area contributed by atoms with Crippen molar-refractivity contribution in [3.05, 3.63) is 40.5 Å². The van der Waals surface area contributed by atoms with Crippen LogP contribution in [0.2, 0.25) is 0 Å². The van der Waals surface area contributed by atoms with Gasteiger partial charge in [0.15, 0.2) is 0 Å². The molecule has 4 rings (SSSR count). The van der Waals surface area contributed by atoms with E-state index in [1.54, 1.807) is 18.3 Å². The summed E-state index contributed by atoms with van der Waals surface area (Å²) < 4.78 is 0. The van der Waals surface area contributed by atoms with Crippen molar-refractivity contribution in [2.24, 2.45) is 16.1 Å². The maximum Gasteiger partial charge on any atom is 2.00 e. The van der Waals surface area contributed by atoms with Crippen LogP contribution in [-0.4, -0.2) is 44.0 Å². The van der Waals surface area contributed by atoms with Crippen LogP contribution in [0.4, 0.5) is 0 Å². The number of nitrogens with one attached hydrogen (secondary N) is 2. The fourth-order valence-electron chi connectivity index (χ4n) is 4.09. The summed E-state index contributed by atoms with van der Waals surface area (Å²) in [5, 5.41) is 40.0. The number of hydrazone groups is 2. The Bertz CT molecular complexity index is 708. The third-order valence-corrected chi connectivity index (χ3v) is 6.06. The van der Waals surface area contributed by atoms with E-state index in [-0.39, 0.29) is 40.8 Å². The minimum atomic E-state index is -0.442. The number of piperidine rings is 2. The summed E-state index contributed by atoms with van der Waals surface area (Å²) in [6.07, 6.45) is 14.2. The van der Waals surface area contributed by atoms with Gasteiger partial charge in [-0.25, -0.2) is 0 Å². The average molecular weight is 500 g/mol. The molecule has 2 aliphatic heterocycles. The molecule has 2 heterocycles. The third-order valence-electron chi connectivity index (χ3n) is 6.06. The van der Waals surface area contributed by atoms with E-state index in [1.807, 2.05) is 12.3 Å². The zero-order chi connectivity index (χ0) is 22.4. The normalized spacial score (nSPS) is 27.9. The van der Waals surface area contributed by atoms with E-state index in [0.717, 1.165) is 45.2 Å². The van der Waals surface area contributed by atoms with E-state index in [2.05, 4.69) is 31.7 Å². The van der Waals surface area contributed by atoms with Gasteiger partial charge in [0.1, 0.15) is 0 Å². The largest absolute Gasteiger partial charge is 2.00 e. The third kappa shape index (κ3) is 10.4. The minimum Gasteiger partial charge on any atom is -0.872 e. The minimum absolute atomic E-state index is 0. The average Bonchev–Trinajstić information content (AvgIpc) is 2.83. The predicted molar refractivity (Wildman–Crippen MR) is 126 cm³/mol. The molecule has 4 atom stereocenters. The molecule has 3 aliphatic rings. The molecular formula is C24H36CoN6O2-2. The monoisotopic (exact) mass is 499 g/mol. The van der Waals surface area contributed by atoms with Gasteiger partial charge < -0.3 is 31.7 Å². The molecule has 1 aromatic carbocycles. The van der Waals surface area contributed by atoms with E-state index in [4.69, 9.17) is 0 Å². The predicted octanol–water partition coefficient (Wildman–Crippen LogP) is 2.93. The molecule has 2 N–H and O–H groups in total. The first-order valence-corrected chi connectivity index (χ1v) is 12.0. The molecule has 1 aliphatic carbocycles. The van der Waals surface area contributed by atoms with Crippen LogP contribution in [-0.2, 0) is 16.8 Å². The molecule has 4 unspecified atom stereocenters. The first kappa shape index (κ1) is 27.6. The molecule has 0 bridgehead atoms. The number of benzene rings is 1. The van der Waals surface area contributed by atoms with Crippen LogP contribution in [0.3, 0.4) is 0 Å². The molecular weight excluding hydrogens is 463 g/mol. The van der Waals surface area contributed by atoms with Crippen molar-refractivity contribution < 1.29 is 27.0 Å².